The number of methoxy groups -OCH3 is 1. The summed E-state index contributed by atoms with van der Waals surface area (Å²) in [7, 11) is 1.64. The predicted molar refractivity (Wildman–Crippen MR) is 99.6 cm³/mol. The zero-order chi connectivity index (χ0) is 16.7. The number of benzene rings is 1. The number of amides is 1. The molecule has 1 aromatic rings. The highest BCUT2D eigenvalue weighted by molar-refractivity contribution is 8.01. The molecule has 1 N–H and O–H groups in total. The minimum Gasteiger partial charge on any atom is -0.495 e. The van der Waals surface area contributed by atoms with Crippen LogP contribution in [0.15, 0.2) is 24.3 Å². The maximum absolute atomic E-state index is 12.7. The van der Waals surface area contributed by atoms with E-state index in [0.29, 0.717) is 4.75 Å². The van der Waals surface area contributed by atoms with Crippen molar-refractivity contribution in [3.63, 3.8) is 0 Å². The summed E-state index contributed by atoms with van der Waals surface area (Å²) >= 11 is 1.95. The number of hydrogen-bond acceptors (Lipinski definition) is 3. The molecule has 3 nitrogen and oxygen atoms in total. The van der Waals surface area contributed by atoms with Crippen LogP contribution in [0, 0.1) is 17.8 Å². The second-order valence-corrected chi connectivity index (χ2v) is 9.86. The minimum absolute atomic E-state index is 0.0221. The van der Waals surface area contributed by atoms with Crippen LogP contribution >= 0.6 is 11.8 Å². The van der Waals surface area contributed by atoms with Gasteiger partial charge in [0, 0.05) is 4.75 Å². The van der Waals surface area contributed by atoms with Crippen LogP contribution < -0.4 is 10.1 Å². The molecule has 0 radical (unpaired) electrons. The number of para-hydroxylation sites is 2. The molecule has 4 fully saturated rings. The van der Waals surface area contributed by atoms with Gasteiger partial charge in [0.25, 0.3) is 0 Å². The van der Waals surface area contributed by atoms with Crippen molar-refractivity contribution in [3.8, 4) is 5.75 Å². The third kappa shape index (κ3) is 3.05. The van der Waals surface area contributed by atoms with Gasteiger partial charge in [-0.25, -0.2) is 0 Å². The summed E-state index contributed by atoms with van der Waals surface area (Å²) < 4.78 is 5.71. The molecule has 4 saturated carbocycles. The Morgan fingerprint density at radius 2 is 1.75 bits per heavy atom. The summed E-state index contributed by atoms with van der Waals surface area (Å²) in [5, 5.41) is 3.04. The summed E-state index contributed by atoms with van der Waals surface area (Å²) in [6.07, 6.45) is 8.33. The molecular weight excluding hydrogens is 318 g/mol. The lowest BCUT2D eigenvalue weighted by Gasteiger charge is -2.57. The van der Waals surface area contributed by atoms with Crippen LogP contribution in [0.25, 0.3) is 0 Å². The Balaban J connectivity index is 1.42. The van der Waals surface area contributed by atoms with E-state index < -0.39 is 0 Å². The van der Waals surface area contributed by atoms with Gasteiger partial charge in [0.2, 0.25) is 5.91 Å². The average Bonchev–Trinajstić information content (AvgIpc) is 2.53. The summed E-state index contributed by atoms with van der Waals surface area (Å²) in [6, 6.07) is 7.63. The van der Waals surface area contributed by atoms with Crippen molar-refractivity contribution in [2.24, 2.45) is 17.8 Å². The molecule has 4 aliphatic carbocycles. The third-order valence-corrected chi connectivity index (χ3v) is 7.71. The Bertz CT molecular complexity index is 595. The number of hydrogen-bond donors (Lipinski definition) is 1. The number of thioether (sulfide) groups is 1. The lowest BCUT2D eigenvalue weighted by molar-refractivity contribution is -0.115. The van der Waals surface area contributed by atoms with Gasteiger partial charge in [0.15, 0.2) is 0 Å². The Kier molecular flexibility index (Phi) is 4.27. The van der Waals surface area contributed by atoms with E-state index in [1.807, 2.05) is 36.0 Å². The van der Waals surface area contributed by atoms with Crippen LogP contribution in [0.3, 0.4) is 0 Å². The Morgan fingerprint density at radius 3 is 2.33 bits per heavy atom. The van der Waals surface area contributed by atoms with Crippen molar-refractivity contribution in [3.05, 3.63) is 24.3 Å². The molecule has 0 heterocycles. The summed E-state index contributed by atoms with van der Waals surface area (Å²) in [5.74, 6) is 3.59. The number of rotatable bonds is 5. The quantitative estimate of drug-likeness (QED) is 0.839. The van der Waals surface area contributed by atoms with E-state index in [2.05, 4.69) is 12.2 Å². The Hall–Kier alpha value is -1.16. The fourth-order valence-corrected chi connectivity index (χ4v) is 7.50. The molecule has 0 saturated heterocycles. The van der Waals surface area contributed by atoms with E-state index in [9.17, 15) is 4.79 Å². The molecule has 130 valence electrons. The van der Waals surface area contributed by atoms with E-state index >= 15 is 0 Å². The second kappa shape index (κ2) is 6.29. The normalized spacial score (nSPS) is 34.8. The fourth-order valence-electron chi connectivity index (χ4n) is 5.59. The molecule has 0 spiro atoms. The lowest BCUT2D eigenvalue weighted by atomic mass is 9.56. The van der Waals surface area contributed by atoms with E-state index in [-0.39, 0.29) is 11.2 Å². The van der Waals surface area contributed by atoms with Crippen LogP contribution in [0.2, 0.25) is 0 Å². The molecule has 5 rings (SSSR count). The average molecular weight is 346 g/mol. The van der Waals surface area contributed by atoms with E-state index in [1.54, 1.807) is 7.11 Å². The van der Waals surface area contributed by atoms with Gasteiger partial charge in [0.1, 0.15) is 5.75 Å². The van der Waals surface area contributed by atoms with Gasteiger partial charge in [-0.05, 0) is 75.3 Å². The molecule has 4 bridgehead atoms. The number of carbonyl (C=O) groups excluding carboxylic acids is 1. The zero-order valence-electron chi connectivity index (χ0n) is 14.6. The first kappa shape index (κ1) is 16.3. The molecule has 1 aromatic carbocycles. The van der Waals surface area contributed by atoms with Crippen molar-refractivity contribution < 1.29 is 9.53 Å². The van der Waals surface area contributed by atoms with Gasteiger partial charge in [-0.15, -0.1) is 11.8 Å². The zero-order valence-corrected chi connectivity index (χ0v) is 15.4. The van der Waals surface area contributed by atoms with Crippen LogP contribution in [0.1, 0.15) is 45.4 Å². The molecule has 4 heteroatoms. The minimum atomic E-state index is -0.0221. The summed E-state index contributed by atoms with van der Waals surface area (Å²) in [5.41, 5.74) is 0.767. The Morgan fingerprint density at radius 1 is 1.17 bits per heavy atom. The second-order valence-electron chi connectivity index (χ2n) is 8.05. The van der Waals surface area contributed by atoms with Gasteiger partial charge in [0.05, 0.1) is 18.0 Å². The van der Waals surface area contributed by atoms with E-state index in [4.69, 9.17) is 4.74 Å². The number of anilines is 1. The van der Waals surface area contributed by atoms with Crippen molar-refractivity contribution in [1.29, 1.82) is 0 Å². The maximum atomic E-state index is 12.7. The largest absolute Gasteiger partial charge is 0.495 e. The fraction of sp³-hybridized carbons (Fsp3) is 0.650. The number of carbonyl (C=O) groups is 1. The Labute approximate surface area is 148 Å². The van der Waals surface area contributed by atoms with Crippen LogP contribution in [0.5, 0.6) is 5.75 Å². The van der Waals surface area contributed by atoms with Crippen molar-refractivity contribution in [2.45, 2.75) is 55.4 Å². The van der Waals surface area contributed by atoms with Crippen molar-refractivity contribution in [2.75, 3.05) is 12.4 Å². The summed E-state index contributed by atoms with van der Waals surface area (Å²) in [4.78, 5) is 12.7. The first-order valence-electron chi connectivity index (χ1n) is 9.18. The molecule has 0 unspecified atom stereocenters. The van der Waals surface area contributed by atoms with Gasteiger partial charge < -0.3 is 10.1 Å². The van der Waals surface area contributed by atoms with Crippen LogP contribution in [-0.2, 0) is 4.79 Å². The molecule has 4 aliphatic rings. The van der Waals surface area contributed by atoms with Gasteiger partial charge in [-0.2, -0.15) is 0 Å². The summed E-state index contributed by atoms with van der Waals surface area (Å²) in [6.45, 7) is 2.06. The van der Waals surface area contributed by atoms with Gasteiger partial charge in [-0.1, -0.05) is 12.1 Å². The highest BCUT2D eigenvalue weighted by atomic mass is 32.2. The molecule has 0 aromatic heterocycles. The van der Waals surface area contributed by atoms with Gasteiger partial charge in [-0.3, -0.25) is 4.79 Å². The first-order valence-corrected chi connectivity index (χ1v) is 10.1. The standard InChI is InChI=1S/C20H27NO2S/c1-13(19(22)21-17-5-3-4-6-18(17)23-2)24-20-10-14-7-15(11-20)9-16(8-14)12-20/h3-6,13-16H,7-12H2,1-2H3,(H,21,22)/t13-,14?,15?,16?,20?/m0/s1. The van der Waals surface area contributed by atoms with E-state index in [0.717, 1.165) is 29.2 Å². The number of nitrogens with one attached hydrogen (secondary N) is 1. The molecule has 24 heavy (non-hydrogen) atoms. The lowest BCUT2D eigenvalue weighted by Crippen LogP contribution is -2.49. The highest BCUT2D eigenvalue weighted by Crippen LogP contribution is 2.61. The number of ether oxygens (including phenoxy) is 1. The van der Waals surface area contributed by atoms with Crippen molar-refractivity contribution >= 4 is 23.4 Å². The van der Waals surface area contributed by atoms with Crippen LogP contribution in [-0.4, -0.2) is 23.0 Å². The predicted octanol–water partition coefficient (Wildman–Crippen LogP) is 4.72. The smallest absolute Gasteiger partial charge is 0.237 e. The molecule has 0 aliphatic heterocycles. The first-order chi connectivity index (χ1) is 11.6. The van der Waals surface area contributed by atoms with Crippen molar-refractivity contribution in [1.82, 2.24) is 0 Å². The highest BCUT2D eigenvalue weighted by Gasteiger charge is 2.52. The maximum Gasteiger partial charge on any atom is 0.237 e. The SMILES string of the molecule is COc1ccccc1NC(=O)[C@H](C)SC12CC3CC(CC(C3)C1)C2. The van der Waals surface area contributed by atoms with E-state index in [1.165, 1.54) is 38.5 Å². The molecule has 1 atom stereocenters. The molecular formula is C20H27NO2S. The third-order valence-electron chi connectivity index (χ3n) is 6.14. The van der Waals surface area contributed by atoms with Gasteiger partial charge >= 0.3 is 0 Å². The molecule has 1 amide bonds. The monoisotopic (exact) mass is 345 g/mol. The topological polar surface area (TPSA) is 38.3 Å². The van der Waals surface area contributed by atoms with Crippen LogP contribution in [0.4, 0.5) is 5.69 Å².